The SMILES string of the molecule is O=[N+]([O-])c1ccccc1SCCCCCCCCCCCSc1ccc(Cl)cc1. The van der Waals surface area contributed by atoms with Crippen LogP contribution in [0.4, 0.5) is 5.69 Å². The Labute approximate surface area is 188 Å². The number of nitro groups is 1. The Bertz CT molecular complexity index is 725. The van der Waals surface area contributed by atoms with E-state index in [2.05, 4.69) is 12.1 Å². The first-order chi connectivity index (χ1) is 14.2. The molecule has 0 radical (unpaired) electrons. The molecular weight excluding hydrogens is 422 g/mol. The lowest BCUT2D eigenvalue weighted by atomic mass is 10.1. The number of rotatable bonds is 15. The van der Waals surface area contributed by atoms with E-state index in [1.807, 2.05) is 36.0 Å². The summed E-state index contributed by atoms with van der Waals surface area (Å²) in [4.78, 5) is 12.8. The molecule has 0 saturated heterocycles. The van der Waals surface area contributed by atoms with E-state index < -0.39 is 0 Å². The van der Waals surface area contributed by atoms with Gasteiger partial charge in [0.05, 0.1) is 9.82 Å². The van der Waals surface area contributed by atoms with Crippen LogP contribution in [0.15, 0.2) is 58.3 Å². The number of para-hydroxylation sites is 1. The van der Waals surface area contributed by atoms with Crippen LogP contribution in [-0.2, 0) is 0 Å². The van der Waals surface area contributed by atoms with Gasteiger partial charge in [0, 0.05) is 16.0 Å². The smallest absolute Gasteiger partial charge is 0.258 e. The minimum absolute atomic E-state index is 0.226. The Morgan fingerprint density at radius 2 is 1.24 bits per heavy atom. The Morgan fingerprint density at radius 3 is 1.83 bits per heavy atom. The molecule has 2 aromatic carbocycles. The normalized spacial score (nSPS) is 10.9. The number of nitrogens with zero attached hydrogens (tertiary/aromatic N) is 1. The van der Waals surface area contributed by atoms with E-state index in [1.54, 1.807) is 23.9 Å². The summed E-state index contributed by atoms with van der Waals surface area (Å²) in [7, 11) is 0. The topological polar surface area (TPSA) is 43.1 Å². The summed E-state index contributed by atoms with van der Waals surface area (Å²) in [6, 6.07) is 15.1. The molecule has 0 bridgehead atoms. The Morgan fingerprint density at radius 1 is 0.724 bits per heavy atom. The third-order valence-corrected chi connectivity index (χ3v) is 7.19. The van der Waals surface area contributed by atoms with Crippen molar-refractivity contribution in [2.45, 2.75) is 67.6 Å². The van der Waals surface area contributed by atoms with Gasteiger partial charge in [-0.1, -0.05) is 68.7 Å². The lowest BCUT2D eigenvalue weighted by Crippen LogP contribution is -1.91. The fourth-order valence-electron chi connectivity index (χ4n) is 3.07. The highest BCUT2D eigenvalue weighted by Gasteiger charge is 2.11. The number of thioether (sulfide) groups is 2. The van der Waals surface area contributed by atoms with Gasteiger partial charge in [-0.05, 0) is 54.7 Å². The van der Waals surface area contributed by atoms with Crippen LogP contribution in [0.25, 0.3) is 0 Å². The number of unbranched alkanes of at least 4 members (excludes halogenated alkanes) is 8. The van der Waals surface area contributed by atoms with Crippen LogP contribution in [0.1, 0.15) is 57.8 Å². The number of hydrogen-bond donors (Lipinski definition) is 0. The largest absolute Gasteiger partial charge is 0.282 e. The van der Waals surface area contributed by atoms with E-state index in [9.17, 15) is 10.1 Å². The van der Waals surface area contributed by atoms with Crippen molar-refractivity contribution >= 4 is 40.8 Å². The van der Waals surface area contributed by atoms with Crippen LogP contribution in [0.3, 0.4) is 0 Å². The second-order valence-electron chi connectivity index (χ2n) is 7.06. The van der Waals surface area contributed by atoms with Gasteiger partial charge >= 0.3 is 0 Å². The standard InChI is InChI=1S/C23H30ClNO2S2/c24-20-14-16-21(17-15-20)28-18-10-6-4-2-1-3-5-7-11-19-29-23-13-9-8-12-22(23)25(26)27/h8-9,12-17H,1-7,10-11,18-19H2. The van der Waals surface area contributed by atoms with Gasteiger partial charge in [0.2, 0.25) is 0 Å². The first-order valence-corrected chi connectivity index (χ1v) is 12.8. The lowest BCUT2D eigenvalue weighted by Gasteiger charge is -2.04. The molecule has 0 amide bonds. The molecule has 158 valence electrons. The molecule has 0 aliphatic carbocycles. The van der Waals surface area contributed by atoms with E-state index in [-0.39, 0.29) is 10.6 Å². The van der Waals surface area contributed by atoms with E-state index in [0.29, 0.717) is 0 Å². The second kappa shape index (κ2) is 14.8. The molecule has 2 aromatic rings. The van der Waals surface area contributed by atoms with Gasteiger partial charge in [-0.2, -0.15) is 0 Å². The third kappa shape index (κ3) is 10.4. The summed E-state index contributed by atoms with van der Waals surface area (Å²) in [6.07, 6.45) is 11.5. The van der Waals surface area contributed by atoms with Crippen LogP contribution in [0, 0.1) is 10.1 Å². The molecule has 29 heavy (non-hydrogen) atoms. The second-order valence-corrected chi connectivity index (χ2v) is 9.80. The first-order valence-electron chi connectivity index (χ1n) is 10.4. The first kappa shape index (κ1) is 24.1. The fourth-order valence-corrected chi connectivity index (χ4v) is 5.15. The van der Waals surface area contributed by atoms with Gasteiger partial charge in [-0.15, -0.1) is 23.5 Å². The van der Waals surface area contributed by atoms with Gasteiger partial charge in [0.1, 0.15) is 0 Å². The monoisotopic (exact) mass is 451 g/mol. The van der Waals surface area contributed by atoms with Crippen LogP contribution < -0.4 is 0 Å². The van der Waals surface area contributed by atoms with Crippen molar-refractivity contribution in [2.75, 3.05) is 11.5 Å². The van der Waals surface area contributed by atoms with Gasteiger partial charge < -0.3 is 0 Å². The average molecular weight is 452 g/mol. The maximum absolute atomic E-state index is 11.0. The van der Waals surface area contributed by atoms with Gasteiger partial charge in [-0.25, -0.2) is 0 Å². The van der Waals surface area contributed by atoms with Gasteiger partial charge in [0.25, 0.3) is 5.69 Å². The summed E-state index contributed by atoms with van der Waals surface area (Å²) in [6.45, 7) is 0. The van der Waals surface area contributed by atoms with E-state index in [0.717, 1.165) is 22.1 Å². The fraction of sp³-hybridized carbons (Fsp3) is 0.478. The van der Waals surface area contributed by atoms with Crippen molar-refractivity contribution in [3.8, 4) is 0 Å². The molecule has 0 fully saturated rings. The number of nitro benzene ring substituents is 1. The Hall–Kier alpha value is -1.17. The molecular formula is C23H30ClNO2S2. The Kier molecular flexibility index (Phi) is 12.3. The molecule has 6 heteroatoms. The lowest BCUT2D eigenvalue weighted by molar-refractivity contribution is -0.387. The zero-order chi connectivity index (χ0) is 20.7. The van der Waals surface area contributed by atoms with E-state index in [4.69, 9.17) is 11.6 Å². The van der Waals surface area contributed by atoms with Crippen molar-refractivity contribution in [3.63, 3.8) is 0 Å². The highest BCUT2D eigenvalue weighted by atomic mass is 35.5. The Balaban J connectivity index is 1.38. The molecule has 0 aliphatic heterocycles. The van der Waals surface area contributed by atoms with E-state index in [1.165, 1.54) is 62.0 Å². The van der Waals surface area contributed by atoms with Crippen LogP contribution in [0.5, 0.6) is 0 Å². The predicted molar refractivity (Wildman–Crippen MR) is 128 cm³/mol. The summed E-state index contributed by atoms with van der Waals surface area (Å²) in [5, 5.41) is 11.8. The molecule has 0 saturated carbocycles. The highest BCUT2D eigenvalue weighted by molar-refractivity contribution is 7.99. The molecule has 0 spiro atoms. The molecule has 0 aromatic heterocycles. The highest BCUT2D eigenvalue weighted by Crippen LogP contribution is 2.29. The van der Waals surface area contributed by atoms with Gasteiger partial charge in [-0.3, -0.25) is 10.1 Å². The van der Waals surface area contributed by atoms with Crippen molar-refractivity contribution in [3.05, 3.63) is 63.7 Å². The zero-order valence-corrected chi connectivity index (χ0v) is 19.2. The summed E-state index contributed by atoms with van der Waals surface area (Å²) in [5.74, 6) is 2.13. The molecule has 2 rings (SSSR count). The molecule has 0 aliphatic rings. The number of benzene rings is 2. The van der Waals surface area contributed by atoms with Crippen molar-refractivity contribution in [1.29, 1.82) is 0 Å². The van der Waals surface area contributed by atoms with E-state index >= 15 is 0 Å². The van der Waals surface area contributed by atoms with Crippen LogP contribution >= 0.6 is 35.1 Å². The molecule has 3 nitrogen and oxygen atoms in total. The van der Waals surface area contributed by atoms with Crippen LogP contribution in [-0.4, -0.2) is 16.4 Å². The maximum Gasteiger partial charge on any atom is 0.282 e. The van der Waals surface area contributed by atoms with Gasteiger partial charge in [0.15, 0.2) is 0 Å². The molecule has 0 atom stereocenters. The summed E-state index contributed by atoms with van der Waals surface area (Å²) in [5.41, 5.74) is 0.226. The maximum atomic E-state index is 11.0. The third-order valence-electron chi connectivity index (χ3n) is 4.69. The van der Waals surface area contributed by atoms with Crippen LogP contribution in [0.2, 0.25) is 5.02 Å². The zero-order valence-electron chi connectivity index (χ0n) is 16.9. The number of halogens is 1. The minimum atomic E-state index is -0.293. The van der Waals surface area contributed by atoms with Crippen molar-refractivity contribution < 1.29 is 4.92 Å². The summed E-state index contributed by atoms with van der Waals surface area (Å²) < 4.78 is 0. The van der Waals surface area contributed by atoms with Crippen molar-refractivity contribution in [2.24, 2.45) is 0 Å². The number of hydrogen-bond acceptors (Lipinski definition) is 4. The average Bonchev–Trinajstić information content (AvgIpc) is 2.73. The molecule has 0 unspecified atom stereocenters. The quantitative estimate of drug-likeness (QED) is 0.117. The predicted octanol–water partition coefficient (Wildman–Crippen LogP) is 8.64. The summed E-state index contributed by atoms with van der Waals surface area (Å²) >= 11 is 9.42. The molecule has 0 N–H and O–H groups in total. The van der Waals surface area contributed by atoms with Crippen molar-refractivity contribution in [1.82, 2.24) is 0 Å². The minimum Gasteiger partial charge on any atom is -0.258 e. The molecule has 0 heterocycles.